The van der Waals surface area contributed by atoms with Gasteiger partial charge in [-0.3, -0.25) is 0 Å². The minimum atomic E-state index is 0.466. The lowest BCUT2D eigenvalue weighted by Crippen LogP contribution is -1.88. The van der Waals surface area contributed by atoms with Crippen LogP contribution in [0.4, 0.5) is 0 Å². The van der Waals surface area contributed by atoms with Gasteiger partial charge >= 0.3 is 0 Å². The fourth-order valence-electron chi connectivity index (χ4n) is 1.29. The quantitative estimate of drug-likeness (QED) is 0.761. The number of hydrogen-bond acceptors (Lipinski definition) is 2. The molecule has 0 aliphatic heterocycles. The molecule has 2 rings (SSSR count). The van der Waals surface area contributed by atoms with E-state index in [4.69, 9.17) is 16.3 Å². The van der Waals surface area contributed by atoms with E-state index >= 15 is 0 Å². The largest absolute Gasteiger partial charge is 0.480 e. The van der Waals surface area contributed by atoms with E-state index in [-0.39, 0.29) is 0 Å². The number of nitrogens with one attached hydrogen (secondary N) is 1. The van der Waals surface area contributed by atoms with Crippen LogP contribution in [-0.2, 0) is 0 Å². The van der Waals surface area contributed by atoms with Crippen molar-refractivity contribution in [2.24, 2.45) is 0 Å². The zero-order valence-electron chi connectivity index (χ0n) is 7.39. The number of methoxy groups -OCH3 is 1. The molecule has 2 heterocycles. The van der Waals surface area contributed by atoms with Crippen LogP contribution in [0.15, 0.2) is 12.1 Å². The number of rotatable bonds is 1. The molecule has 0 unspecified atom stereocenters. The van der Waals surface area contributed by atoms with E-state index < -0.39 is 0 Å². The molecule has 0 amide bonds. The minimum Gasteiger partial charge on any atom is -0.480 e. The van der Waals surface area contributed by atoms with Gasteiger partial charge in [0.05, 0.1) is 18.1 Å². The molecule has 0 atom stereocenters. The Morgan fingerprint density at radius 3 is 2.92 bits per heavy atom. The first-order chi connectivity index (χ1) is 6.20. The van der Waals surface area contributed by atoms with Crippen LogP contribution in [0.2, 0.25) is 5.02 Å². The summed E-state index contributed by atoms with van der Waals surface area (Å²) in [6.07, 6.45) is 0. The zero-order chi connectivity index (χ0) is 9.42. The van der Waals surface area contributed by atoms with Gasteiger partial charge in [-0.1, -0.05) is 11.6 Å². The molecule has 0 spiro atoms. The van der Waals surface area contributed by atoms with Gasteiger partial charge in [0.15, 0.2) is 0 Å². The number of halogens is 1. The normalized spacial score (nSPS) is 10.7. The Labute approximate surface area is 80.7 Å². The van der Waals surface area contributed by atoms with Crippen molar-refractivity contribution in [1.29, 1.82) is 0 Å². The standard InChI is InChI=1S/C9H9ClN2O/c1-5-3-7-8(11-5)4-6(10)9(12-7)13-2/h3-4,11H,1-2H3. The van der Waals surface area contributed by atoms with Gasteiger partial charge in [-0.2, -0.15) is 0 Å². The van der Waals surface area contributed by atoms with Crippen molar-refractivity contribution in [1.82, 2.24) is 9.97 Å². The summed E-state index contributed by atoms with van der Waals surface area (Å²) in [4.78, 5) is 7.38. The van der Waals surface area contributed by atoms with Gasteiger partial charge in [0.2, 0.25) is 5.88 Å². The van der Waals surface area contributed by atoms with Crippen LogP contribution in [-0.4, -0.2) is 17.1 Å². The highest BCUT2D eigenvalue weighted by Gasteiger charge is 2.06. The Morgan fingerprint density at radius 1 is 1.46 bits per heavy atom. The summed E-state index contributed by atoms with van der Waals surface area (Å²) in [6.45, 7) is 1.97. The van der Waals surface area contributed by atoms with Crippen molar-refractivity contribution >= 4 is 22.6 Å². The van der Waals surface area contributed by atoms with Crippen LogP contribution in [0, 0.1) is 6.92 Å². The SMILES string of the molecule is COc1nc2cc(C)[nH]c2cc1Cl. The third-order valence-corrected chi connectivity index (χ3v) is 2.12. The molecule has 0 saturated heterocycles. The van der Waals surface area contributed by atoms with Crippen LogP contribution < -0.4 is 4.74 Å². The molecule has 1 N–H and O–H groups in total. The molecule has 0 radical (unpaired) electrons. The lowest BCUT2D eigenvalue weighted by Gasteiger charge is -2.00. The van der Waals surface area contributed by atoms with Crippen molar-refractivity contribution in [3.8, 4) is 5.88 Å². The van der Waals surface area contributed by atoms with E-state index in [1.807, 2.05) is 19.1 Å². The number of pyridine rings is 1. The third-order valence-electron chi connectivity index (χ3n) is 1.85. The van der Waals surface area contributed by atoms with E-state index in [2.05, 4.69) is 9.97 Å². The maximum atomic E-state index is 5.91. The average molecular weight is 197 g/mol. The molecule has 4 heteroatoms. The van der Waals surface area contributed by atoms with Gasteiger partial charge in [-0.05, 0) is 19.1 Å². The van der Waals surface area contributed by atoms with Crippen LogP contribution in [0.25, 0.3) is 11.0 Å². The molecule has 3 nitrogen and oxygen atoms in total. The van der Waals surface area contributed by atoms with E-state index in [0.29, 0.717) is 10.9 Å². The molecule has 2 aromatic rings. The van der Waals surface area contributed by atoms with Crippen molar-refractivity contribution in [2.45, 2.75) is 6.92 Å². The van der Waals surface area contributed by atoms with Gasteiger partial charge < -0.3 is 9.72 Å². The second-order valence-electron chi connectivity index (χ2n) is 2.86. The van der Waals surface area contributed by atoms with Gasteiger partial charge in [0.1, 0.15) is 5.02 Å². The average Bonchev–Trinajstić information content (AvgIpc) is 2.42. The van der Waals surface area contributed by atoms with Gasteiger partial charge in [0, 0.05) is 5.69 Å². The van der Waals surface area contributed by atoms with Crippen molar-refractivity contribution in [3.05, 3.63) is 22.8 Å². The van der Waals surface area contributed by atoms with Gasteiger partial charge in [-0.15, -0.1) is 0 Å². The summed E-state index contributed by atoms with van der Waals surface area (Å²) in [5.41, 5.74) is 2.87. The Hall–Kier alpha value is -1.22. The number of hydrogen-bond donors (Lipinski definition) is 1. The maximum Gasteiger partial charge on any atom is 0.233 e. The second-order valence-corrected chi connectivity index (χ2v) is 3.27. The first kappa shape index (κ1) is 8.38. The lowest BCUT2D eigenvalue weighted by atomic mass is 10.4. The first-order valence-corrected chi connectivity index (χ1v) is 4.28. The van der Waals surface area contributed by atoms with Crippen LogP contribution in [0.3, 0.4) is 0 Å². The van der Waals surface area contributed by atoms with Crippen molar-refractivity contribution in [3.63, 3.8) is 0 Å². The molecule has 0 aliphatic carbocycles. The summed E-state index contributed by atoms with van der Waals surface area (Å²) in [6, 6.07) is 3.77. The lowest BCUT2D eigenvalue weighted by molar-refractivity contribution is 0.400. The fourth-order valence-corrected chi connectivity index (χ4v) is 1.52. The maximum absolute atomic E-state index is 5.91. The molecule has 2 aromatic heterocycles. The fraction of sp³-hybridized carbons (Fsp3) is 0.222. The van der Waals surface area contributed by atoms with Gasteiger partial charge in [-0.25, -0.2) is 4.98 Å². The number of nitrogens with zero attached hydrogens (tertiary/aromatic N) is 1. The molecule has 0 fully saturated rings. The molecule has 68 valence electrons. The number of aromatic nitrogens is 2. The number of aryl methyl sites for hydroxylation is 1. The molecule has 0 aliphatic rings. The molecule has 0 saturated carbocycles. The number of ether oxygens (including phenoxy) is 1. The minimum absolute atomic E-state index is 0.466. The number of H-pyrrole nitrogens is 1. The molecule has 0 aromatic carbocycles. The van der Waals surface area contributed by atoms with Crippen molar-refractivity contribution < 1.29 is 4.74 Å². The summed E-state index contributed by atoms with van der Waals surface area (Å²) in [5, 5.41) is 0.525. The van der Waals surface area contributed by atoms with E-state index in [9.17, 15) is 0 Å². The molecular formula is C9H9ClN2O. The third kappa shape index (κ3) is 1.35. The summed E-state index contributed by atoms with van der Waals surface area (Å²) in [5.74, 6) is 0.466. The predicted molar refractivity (Wildman–Crippen MR) is 52.4 cm³/mol. The Morgan fingerprint density at radius 2 is 2.23 bits per heavy atom. The van der Waals surface area contributed by atoms with E-state index in [0.717, 1.165) is 16.7 Å². The van der Waals surface area contributed by atoms with Crippen LogP contribution in [0.1, 0.15) is 5.69 Å². The highest BCUT2D eigenvalue weighted by molar-refractivity contribution is 6.32. The number of aromatic amines is 1. The highest BCUT2D eigenvalue weighted by atomic mass is 35.5. The van der Waals surface area contributed by atoms with Crippen molar-refractivity contribution in [2.75, 3.05) is 7.11 Å². The Bertz CT molecular complexity index is 450. The zero-order valence-corrected chi connectivity index (χ0v) is 8.14. The summed E-state index contributed by atoms with van der Waals surface area (Å²) < 4.78 is 5.01. The smallest absolute Gasteiger partial charge is 0.233 e. The molecule has 13 heavy (non-hydrogen) atoms. The van der Waals surface area contributed by atoms with E-state index in [1.54, 1.807) is 7.11 Å². The summed E-state index contributed by atoms with van der Waals surface area (Å²) in [7, 11) is 1.56. The Balaban J connectivity index is 2.72. The summed E-state index contributed by atoms with van der Waals surface area (Å²) >= 11 is 5.91. The topological polar surface area (TPSA) is 37.9 Å². The predicted octanol–water partition coefficient (Wildman–Crippen LogP) is 2.53. The van der Waals surface area contributed by atoms with Crippen LogP contribution >= 0.6 is 11.6 Å². The number of fused-ring (bicyclic) bond motifs is 1. The first-order valence-electron chi connectivity index (χ1n) is 3.90. The van der Waals surface area contributed by atoms with Gasteiger partial charge in [0.25, 0.3) is 0 Å². The highest BCUT2D eigenvalue weighted by Crippen LogP contribution is 2.26. The molecule has 0 bridgehead atoms. The van der Waals surface area contributed by atoms with E-state index in [1.165, 1.54) is 0 Å². The monoisotopic (exact) mass is 196 g/mol. The second kappa shape index (κ2) is 2.92. The molecular weight excluding hydrogens is 188 g/mol. The Kier molecular flexibility index (Phi) is 1.88. The van der Waals surface area contributed by atoms with Crippen LogP contribution in [0.5, 0.6) is 5.88 Å².